The monoisotopic (exact) mass is 435 g/mol. The number of rotatable bonds is 4. The first kappa shape index (κ1) is 19.4. The van der Waals surface area contributed by atoms with Gasteiger partial charge >= 0.3 is 0 Å². The summed E-state index contributed by atoms with van der Waals surface area (Å²) in [6.45, 7) is 5.21. The Balaban J connectivity index is 0.00000242. The zero-order valence-electron chi connectivity index (χ0n) is 13.5. The lowest BCUT2D eigenvalue weighted by Crippen LogP contribution is -2.47. The topological polar surface area (TPSA) is 36.9 Å². The summed E-state index contributed by atoms with van der Waals surface area (Å²) < 4.78 is 5.18. The maximum Gasteiger partial charge on any atom is 0.193 e. The molecule has 1 atom stereocenters. The Bertz CT molecular complexity index is 467. The normalized spacial score (nSPS) is 18.6. The van der Waals surface area contributed by atoms with Gasteiger partial charge in [-0.3, -0.25) is 4.99 Å². The number of hydrogen-bond donors (Lipinski definition) is 1. The van der Waals surface area contributed by atoms with Crippen molar-refractivity contribution >= 4 is 41.7 Å². The molecule has 1 aliphatic rings. The van der Waals surface area contributed by atoms with Crippen LogP contribution in [0.4, 0.5) is 0 Å². The molecule has 22 heavy (non-hydrogen) atoms. The largest absolute Gasteiger partial charge is 0.497 e. The average molecular weight is 435 g/mol. The summed E-state index contributed by atoms with van der Waals surface area (Å²) in [5.41, 5.74) is 1.23. The molecule has 0 radical (unpaired) electrons. The first-order valence-corrected chi connectivity index (χ1v) is 8.51. The van der Waals surface area contributed by atoms with Crippen molar-refractivity contribution in [2.75, 3.05) is 33.0 Å². The predicted octanol–water partition coefficient (Wildman–Crippen LogP) is 3.22. The smallest absolute Gasteiger partial charge is 0.193 e. The summed E-state index contributed by atoms with van der Waals surface area (Å²) in [7, 11) is 3.55. The number of halogens is 1. The highest BCUT2D eigenvalue weighted by Gasteiger charge is 2.21. The van der Waals surface area contributed by atoms with E-state index < -0.39 is 0 Å². The first-order chi connectivity index (χ1) is 10.3. The van der Waals surface area contributed by atoms with Crippen LogP contribution in [0, 0.1) is 0 Å². The minimum Gasteiger partial charge on any atom is -0.497 e. The van der Waals surface area contributed by atoms with Gasteiger partial charge in [-0.15, -0.1) is 24.0 Å². The van der Waals surface area contributed by atoms with Gasteiger partial charge in [0.15, 0.2) is 5.96 Å². The van der Waals surface area contributed by atoms with Gasteiger partial charge in [0.2, 0.25) is 0 Å². The molecule has 124 valence electrons. The highest BCUT2D eigenvalue weighted by Crippen LogP contribution is 2.21. The number of guanidine groups is 1. The molecule has 0 aliphatic carbocycles. The van der Waals surface area contributed by atoms with Crippen LogP contribution in [-0.4, -0.2) is 49.1 Å². The Morgan fingerprint density at radius 1 is 1.41 bits per heavy atom. The van der Waals surface area contributed by atoms with Crippen LogP contribution < -0.4 is 10.1 Å². The van der Waals surface area contributed by atoms with Crippen molar-refractivity contribution in [3.63, 3.8) is 0 Å². The fraction of sp³-hybridized carbons (Fsp3) is 0.562. The highest BCUT2D eigenvalue weighted by atomic mass is 127. The molecule has 1 N–H and O–H groups in total. The van der Waals surface area contributed by atoms with E-state index in [1.807, 2.05) is 19.2 Å². The molecule has 0 bridgehead atoms. The van der Waals surface area contributed by atoms with E-state index in [0.717, 1.165) is 36.6 Å². The van der Waals surface area contributed by atoms with E-state index in [1.54, 1.807) is 7.11 Å². The Hall–Kier alpha value is -0.630. The lowest BCUT2D eigenvalue weighted by molar-refractivity contribution is 0.408. The molecule has 0 saturated carbocycles. The van der Waals surface area contributed by atoms with Crippen molar-refractivity contribution in [1.29, 1.82) is 0 Å². The molecule has 0 spiro atoms. The van der Waals surface area contributed by atoms with Crippen LogP contribution in [-0.2, 0) is 6.54 Å². The number of nitrogens with one attached hydrogen (secondary N) is 1. The fourth-order valence-electron chi connectivity index (χ4n) is 2.42. The number of hydrogen-bond acceptors (Lipinski definition) is 3. The third kappa shape index (κ3) is 5.53. The van der Waals surface area contributed by atoms with E-state index in [2.05, 4.69) is 46.0 Å². The van der Waals surface area contributed by atoms with Crippen LogP contribution in [0.25, 0.3) is 0 Å². The van der Waals surface area contributed by atoms with E-state index >= 15 is 0 Å². The number of thioether (sulfide) groups is 1. The van der Waals surface area contributed by atoms with Crippen molar-refractivity contribution in [3.8, 4) is 5.75 Å². The Kier molecular flexibility index (Phi) is 9.00. The van der Waals surface area contributed by atoms with Crippen molar-refractivity contribution in [1.82, 2.24) is 10.2 Å². The summed E-state index contributed by atoms with van der Waals surface area (Å²) in [5.74, 6) is 3.08. The minimum absolute atomic E-state index is 0. The van der Waals surface area contributed by atoms with Crippen molar-refractivity contribution in [3.05, 3.63) is 29.8 Å². The second kappa shape index (κ2) is 10.2. The number of methoxy groups -OCH3 is 1. The molecule has 1 aliphatic heterocycles. The molecule has 1 aromatic rings. The van der Waals surface area contributed by atoms with Gasteiger partial charge in [0.05, 0.1) is 7.11 Å². The van der Waals surface area contributed by atoms with Crippen LogP contribution in [0.15, 0.2) is 29.3 Å². The Morgan fingerprint density at radius 2 is 2.14 bits per heavy atom. The van der Waals surface area contributed by atoms with Gasteiger partial charge in [0.25, 0.3) is 0 Å². The second-order valence-corrected chi connectivity index (χ2v) is 6.50. The highest BCUT2D eigenvalue weighted by molar-refractivity contribution is 14.0. The minimum atomic E-state index is 0. The third-order valence-electron chi connectivity index (χ3n) is 3.72. The molecule has 0 amide bonds. The van der Waals surface area contributed by atoms with Gasteiger partial charge in [-0.1, -0.05) is 19.1 Å². The quantitative estimate of drug-likeness (QED) is 0.448. The number of ether oxygens (including phenoxy) is 1. The summed E-state index contributed by atoms with van der Waals surface area (Å²) in [6.07, 6.45) is 1.22. The molecule has 1 heterocycles. The van der Waals surface area contributed by atoms with Crippen LogP contribution in [0.3, 0.4) is 0 Å². The van der Waals surface area contributed by atoms with E-state index in [9.17, 15) is 0 Å². The van der Waals surface area contributed by atoms with Crippen LogP contribution in [0.2, 0.25) is 0 Å². The molecule has 6 heteroatoms. The van der Waals surface area contributed by atoms with Gasteiger partial charge < -0.3 is 15.0 Å². The average Bonchev–Trinajstić information content (AvgIpc) is 2.56. The van der Waals surface area contributed by atoms with E-state index in [0.29, 0.717) is 0 Å². The number of aliphatic imine (C=N–C) groups is 1. The predicted molar refractivity (Wildman–Crippen MR) is 107 cm³/mol. The molecular weight excluding hydrogens is 409 g/mol. The molecule has 4 nitrogen and oxygen atoms in total. The molecular formula is C16H26IN3OS. The van der Waals surface area contributed by atoms with Gasteiger partial charge in [0.1, 0.15) is 5.75 Å². The van der Waals surface area contributed by atoms with Gasteiger partial charge in [0, 0.05) is 37.7 Å². The van der Waals surface area contributed by atoms with E-state index in [1.165, 1.54) is 17.7 Å². The summed E-state index contributed by atoms with van der Waals surface area (Å²) in [6, 6.07) is 8.15. The maximum atomic E-state index is 5.18. The number of benzene rings is 1. The van der Waals surface area contributed by atoms with Crippen LogP contribution >= 0.6 is 35.7 Å². The van der Waals surface area contributed by atoms with Crippen molar-refractivity contribution in [2.24, 2.45) is 4.99 Å². The maximum absolute atomic E-state index is 5.18. The third-order valence-corrected chi connectivity index (χ3v) is 5.09. The summed E-state index contributed by atoms with van der Waals surface area (Å²) in [5, 5.41) is 4.18. The van der Waals surface area contributed by atoms with Gasteiger partial charge in [-0.25, -0.2) is 0 Å². The standard InChI is InChI=1S/C16H25N3OS.HI/c1-4-15-12-19(9-10-21-15)16(17-2)18-11-13-5-7-14(20-3)8-6-13;/h5-8,15H,4,9-12H2,1-3H3,(H,17,18);1H. The molecule has 2 rings (SSSR count). The SMILES string of the molecule is CCC1CN(C(=NC)NCc2ccc(OC)cc2)CCS1.I. The van der Waals surface area contributed by atoms with Gasteiger partial charge in [-0.05, 0) is 24.1 Å². The van der Waals surface area contributed by atoms with Crippen LogP contribution in [0.5, 0.6) is 5.75 Å². The summed E-state index contributed by atoms with van der Waals surface area (Å²) in [4.78, 5) is 6.80. The van der Waals surface area contributed by atoms with Crippen molar-refractivity contribution < 1.29 is 4.74 Å². The fourth-order valence-corrected chi connectivity index (χ4v) is 3.60. The Morgan fingerprint density at radius 3 is 2.73 bits per heavy atom. The zero-order chi connectivity index (χ0) is 15.1. The summed E-state index contributed by atoms with van der Waals surface area (Å²) >= 11 is 2.08. The molecule has 0 aromatic heterocycles. The molecule has 1 saturated heterocycles. The number of nitrogens with zero attached hydrogens (tertiary/aromatic N) is 2. The first-order valence-electron chi connectivity index (χ1n) is 7.47. The van der Waals surface area contributed by atoms with Crippen molar-refractivity contribution in [2.45, 2.75) is 25.1 Å². The lowest BCUT2D eigenvalue weighted by atomic mass is 10.2. The second-order valence-electron chi connectivity index (χ2n) is 5.10. The molecule has 1 fully saturated rings. The van der Waals surface area contributed by atoms with Crippen LogP contribution in [0.1, 0.15) is 18.9 Å². The van der Waals surface area contributed by atoms with E-state index in [4.69, 9.17) is 4.74 Å². The van der Waals surface area contributed by atoms with E-state index in [-0.39, 0.29) is 24.0 Å². The molecule has 1 aromatic carbocycles. The lowest BCUT2D eigenvalue weighted by Gasteiger charge is -2.34. The Labute approximate surface area is 155 Å². The zero-order valence-corrected chi connectivity index (χ0v) is 16.7. The van der Waals surface area contributed by atoms with Gasteiger partial charge in [-0.2, -0.15) is 11.8 Å². The molecule has 1 unspecified atom stereocenters.